The van der Waals surface area contributed by atoms with Crippen molar-refractivity contribution >= 4 is 10.1 Å². The maximum atomic E-state index is 10.7. The number of halogens is 3. The summed E-state index contributed by atoms with van der Waals surface area (Å²) < 4.78 is 58.9. The third-order valence-corrected chi connectivity index (χ3v) is 2.89. The van der Waals surface area contributed by atoms with Gasteiger partial charge in [-0.3, -0.25) is 9.97 Å². The van der Waals surface area contributed by atoms with E-state index in [1.165, 1.54) is 6.92 Å². The Morgan fingerprint density at radius 1 is 1.00 bits per heavy atom. The Kier molecular flexibility index (Phi) is 12.0. The number of nitriles is 1. The topological polar surface area (TPSA) is 107 Å². The van der Waals surface area contributed by atoms with Crippen LogP contribution in [0, 0.1) is 25.2 Å². The van der Waals surface area contributed by atoms with Crippen molar-refractivity contribution in [2.75, 3.05) is 0 Å². The second-order valence-corrected chi connectivity index (χ2v) is 5.82. The van der Waals surface area contributed by atoms with Crippen LogP contribution in [0.3, 0.4) is 0 Å². The van der Waals surface area contributed by atoms with Gasteiger partial charge in [-0.1, -0.05) is 12.1 Å². The third kappa shape index (κ3) is 10.3. The molecule has 11 heteroatoms. The van der Waals surface area contributed by atoms with Crippen molar-refractivity contribution in [2.24, 2.45) is 0 Å². The summed E-state index contributed by atoms with van der Waals surface area (Å²) in [6.07, 6.45) is 0. The van der Waals surface area contributed by atoms with E-state index in [1.54, 1.807) is 6.07 Å². The summed E-state index contributed by atoms with van der Waals surface area (Å²) in [4.78, 5) is 8.84. The number of hydrogen-bond donors (Lipinski definition) is 0. The van der Waals surface area contributed by atoms with Gasteiger partial charge >= 0.3 is 27.9 Å². The maximum absolute atomic E-state index is 10.7. The van der Waals surface area contributed by atoms with Crippen LogP contribution < -0.4 is 0 Å². The Morgan fingerprint density at radius 3 is 1.46 bits per heavy atom. The van der Waals surface area contributed by atoms with Crippen LogP contribution in [0.25, 0.3) is 11.4 Å². The molecule has 0 unspecified atom stereocenters. The van der Waals surface area contributed by atoms with Crippen molar-refractivity contribution < 1.29 is 48.5 Å². The first-order valence-electron chi connectivity index (χ1n) is 6.63. The first kappa shape index (κ1) is 26.5. The monoisotopic (exact) mass is 481 g/mol. The third-order valence-electron chi connectivity index (χ3n) is 2.32. The van der Waals surface area contributed by atoms with Crippen LogP contribution in [0.15, 0.2) is 36.4 Å². The predicted octanol–water partition coefficient (Wildman–Crippen LogP) is 3.34. The Hall–Kier alpha value is -1.77. The van der Waals surface area contributed by atoms with Crippen LogP contribution >= 0.6 is 0 Å². The van der Waals surface area contributed by atoms with Crippen LogP contribution in [0.5, 0.6) is 0 Å². The second kappa shape index (κ2) is 11.8. The molecule has 2 aromatic rings. The summed E-state index contributed by atoms with van der Waals surface area (Å²) in [5.41, 5.74) is -1.73. The molecule has 0 radical (unpaired) electrons. The summed E-state index contributed by atoms with van der Waals surface area (Å²) in [6, 6.07) is 13.7. The van der Waals surface area contributed by atoms with Gasteiger partial charge in [-0.05, 0) is 38.1 Å². The molecule has 146 valence electrons. The van der Waals surface area contributed by atoms with Crippen LogP contribution in [0.2, 0.25) is 0 Å². The molecule has 0 aliphatic rings. The molecule has 26 heavy (non-hydrogen) atoms. The van der Waals surface area contributed by atoms with Gasteiger partial charge in [0, 0.05) is 18.3 Å². The van der Waals surface area contributed by atoms with Crippen molar-refractivity contribution in [1.29, 1.82) is 5.26 Å². The van der Waals surface area contributed by atoms with Gasteiger partial charge < -0.3 is 4.55 Å². The van der Waals surface area contributed by atoms with Gasteiger partial charge in [0.2, 0.25) is 0 Å². The molecule has 0 saturated heterocycles. The summed E-state index contributed by atoms with van der Waals surface area (Å²) >= 11 is 0. The zero-order valence-electron chi connectivity index (χ0n) is 13.9. The molecule has 0 N–H and O–H groups in total. The molecule has 0 spiro atoms. The molecule has 2 aromatic heterocycles. The molecule has 0 aromatic carbocycles. The maximum Gasteiger partial charge on any atom is 1.00 e. The van der Waals surface area contributed by atoms with E-state index in [0.29, 0.717) is 0 Å². The van der Waals surface area contributed by atoms with Gasteiger partial charge in [0.15, 0.2) is 10.1 Å². The van der Waals surface area contributed by atoms with E-state index in [9.17, 15) is 13.2 Å². The Labute approximate surface area is 165 Å². The smallest absolute Gasteiger partial charge is 0.741 e. The van der Waals surface area contributed by atoms with E-state index in [1.807, 2.05) is 50.2 Å². The van der Waals surface area contributed by atoms with Crippen molar-refractivity contribution in [2.45, 2.75) is 26.3 Å². The Bertz CT molecular complexity index is 794. The van der Waals surface area contributed by atoms with Gasteiger partial charge in [0.25, 0.3) is 0 Å². The first-order chi connectivity index (χ1) is 11.4. The van der Waals surface area contributed by atoms with Crippen LogP contribution in [0.4, 0.5) is 13.2 Å². The minimum absolute atomic E-state index is 0. The van der Waals surface area contributed by atoms with Crippen molar-refractivity contribution in [3.05, 3.63) is 47.8 Å². The molecule has 0 bridgehead atoms. The van der Waals surface area contributed by atoms with Crippen molar-refractivity contribution in [1.82, 2.24) is 9.97 Å². The number of nitrogens with zero attached hydrogens (tertiary/aromatic N) is 3. The number of aromatic nitrogens is 2. The van der Waals surface area contributed by atoms with E-state index < -0.39 is 15.6 Å². The van der Waals surface area contributed by atoms with Gasteiger partial charge in [0.1, 0.15) is 0 Å². The molecule has 0 fully saturated rings. The van der Waals surface area contributed by atoms with E-state index in [0.717, 1.165) is 22.8 Å². The van der Waals surface area contributed by atoms with E-state index in [2.05, 4.69) is 9.97 Å². The molecule has 2 rings (SSSR count). The normalized spacial score (nSPS) is 10.1. The molecule has 0 aliphatic heterocycles. The molecule has 0 saturated carbocycles. The number of rotatable bonds is 1. The predicted molar refractivity (Wildman–Crippen MR) is 84.0 cm³/mol. The van der Waals surface area contributed by atoms with E-state index in [-0.39, 0.29) is 22.4 Å². The van der Waals surface area contributed by atoms with Gasteiger partial charge in [-0.15, -0.1) is 0 Å². The molecule has 2 heterocycles. The summed E-state index contributed by atoms with van der Waals surface area (Å²) in [7, 11) is -6.09. The SMILES string of the molecule is CC#N.Cc1cccc(-c2cccc(C)n2)n1.O=S(=O)([O-])C(F)(F)F.[Ag+]. The van der Waals surface area contributed by atoms with E-state index in [4.69, 9.17) is 18.2 Å². The second-order valence-electron chi connectivity index (χ2n) is 4.45. The Morgan fingerprint density at radius 2 is 1.27 bits per heavy atom. The molecule has 0 amide bonds. The summed E-state index contributed by atoms with van der Waals surface area (Å²) in [6.45, 7) is 5.40. The summed E-state index contributed by atoms with van der Waals surface area (Å²) in [5, 5.41) is 7.32. The van der Waals surface area contributed by atoms with Crippen LogP contribution in [-0.4, -0.2) is 28.4 Å². The molecular formula is C15H15AgF3N3O3S. The molecule has 6 nitrogen and oxygen atoms in total. The van der Waals surface area contributed by atoms with Gasteiger partial charge in [0.05, 0.1) is 17.5 Å². The van der Waals surface area contributed by atoms with Crippen LogP contribution in [-0.2, 0) is 32.5 Å². The average molecular weight is 482 g/mol. The number of hydrogen-bond acceptors (Lipinski definition) is 6. The number of aryl methyl sites for hydroxylation is 2. The van der Waals surface area contributed by atoms with Crippen molar-refractivity contribution in [3.63, 3.8) is 0 Å². The zero-order chi connectivity index (χ0) is 19.7. The quantitative estimate of drug-likeness (QED) is 0.351. The van der Waals surface area contributed by atoms with E-state index >= 15 is 0 Å². The van der Waals surface area contributed by atoms with Crippen molar-refractivity contribution in [3.8, 4) is 17.5 Å². The minimum atomic E-state index is -6.09. The zero-order valence-corrected chi connectivity index (χ0v) is 16.2. The number of pyridine rings is 2. The van der Waals surface area contributed by atoms with Crippen LogP contribution in [0.1, 0.15) is 18.3 Å². The molecule has 0 atom stereocenters. The van der Waals surface area contributed by atoms with Gasteiger partial charge in [-0.25, -0.2) is 8.42 Å². The summed E-state index contributed by atoms with van der Waals surface area (Å²) in [5.74, 6) is 0. The molecule has 0 aliphatic carbocycles. The fraction of sp³-hybridized carbons (Fsp3) is 0.267. The number of alkyl halides is 3. The first-order valence-corrected chi connectivity index (χ1v) is 8.04. The van der Waals surface area contributed by atoms with Gasteiger partial charge in [-0.2, -0.15) is 18.4 Å². The Balaban J connectivity index is 0. The fourth-order valence-electron chi connectivity index (χ4n) is 1.37. The minimum Gasteiger partial charge on any atom is -0.741 e. The standard InChI is InChI=1S/C12H12N2.C2H3N.CHF3O3S.Ag/c1-9-5-3-7-11(13-9)12-8-4-6-10(2)14-12;1-2-3;2-1(3,4)8(5,6)7;/h3-8H,1-2H3;1H3;(H,5,6,7);/q;;;+1/p-1. The largest absolute Gasteiger partial charge is 1.00 e. The fourth-order valence-corrected chi connectivity index (χ4v) is 1.37. The molecular weight excluding hydrogens is 467 g/mol. The average Bonchev–Trinajstić information content (AvgIpc) is 2.46.